The van der Waals surface area contributed by atoms with Gasteiger partial charge in [-0.25, -0.2) is 0 Å². The summed E-state index contributed by atoms with van der Waals surface area (Å²) in [7, 11) is 2.12. The molecule has 0 radical (unpaired) electrons. The SMILES string of the molecule is CN(CC1(CN)CCOC1)C1CCCCC1O. The minimum Gasteiger partial charge on any atom is -0.391 e. The third kappa shape index (κ3) is 2.99. The first-order chi connectivity index (χ1) is 8.17. The average Bonchev–Trinajstić information content (AvgIpc) is 2.79. The van der Waals surface area contributed by atoms with Crippen LogP contribution in [-0.2, 0) is 4.74 Å². The largest absolute Gasteiger partial charge is 0.391 e. The second-order valence-corrected chi connectivity index (χ2v) is 5.84. The van der Waals surface area contributed by atoms with E-state index >= 15 is 0 Å². The summed E-state index contributed by atoms with van der Waals surface area (Å²) < 4.78 is 5.50. The van der Waals surface area contributed by atoms with Crippen molar-refractivity contribution in [3.05, 3.63) is 0 Å². The summed E-state index contributed by atoms with van der Waals surface area (Å²) in [4.78, 5) is 2.31. The molecule has 0 spiro atoms. The van der Waals surface area contributed by atoms with Crippen LogP contribution in [0, 0.1) is 5.41 Å². The number of nitrogens with two attached hydrogens (primary N) is 1. The van der Waals surface area contributed by atoms with E-state index in [1.807, 2.05) is 0 Å². The highest BCUT2D eigenvalue weighted by atomic mass is 16.5. The maximum absolute atomic E-state index is 10.1. The van der Waals surface area contributed by atoms with Crippen molar-refractivity contribution in [1.82, 2.24) is 4.90 Å². The Hall–Kier alpha value is -0.160. The summed E-state index contributed by atoms with van der Waals surface area (Å²) in [5.41, 5.74) is 6.03. The van der Waals surface area contributed by atoms with Crippen LogP contribution >= 0.6 is 0 Å². The lowest BCUT2D eigenvalue weighted by molar-refractivity contribution is 0.0110. The van der Waals surface area contributed by atoms with Gasteiger partial charge in [-0.1, -0.05) is 12.8 Å². The molecule has 3 atom stereocenters. The lowest BCUT2D eigenvalue weighted by Gasteiger charge is -2.39. The number of hydrogen-bond acceptors (Lipinski definition) is 4. The zero-order valence-electron chi connectivity index (χ0n) is 10.9. The maximum Gasteiger partial charge on any atom is 0.0695 e. The summed E-state index contributed by atoms with van der Waals surface area (Å²) in [6.45, 7) is 3.24. The van der Waals surface area contributed by atoms with Gasteiger partial charge in [0.15, 0.2) is 0 Å². The van der Waals surface area contributed by atoms with Crippen molar-refractivity contribution in [2.45, 2.75) is 44.2 Å². The van der Waals surface area contributed by atoms with E-state index in [4.69, 9.17) is 10.5 Å². The zero-order chi connectivity index (χ0) is 12.3. The van der Waals surface area contributed by atoms with Gasteiger partial charge in [-0.3, -0.25) is 0 Å². The molecular weight excluding hydrogens is 216 g/mol. The number of likely N-dealkylation sites (N-methyl/N-ethyl adjacent to an activating group) is 1. The summed E-state index contributed by atoms with van der Waals surface area (Å²) in [5.74, 6) is 0. The quantitative estimate of drug-likeness (QED) is 0.757. The van der Waals surface area contributed by atoms with Crippen molar-refractivity contribution < 1.29 is 9.84 Å². The third-order valence-electron chi connectivity index (χ3n) is 4.46. The van der Waals surface area contributed by atoms with Crippen LogP contribution in [0.1, 0.15) is 32.1 Å². The standard InChI is InChI=1S/C13H26N2O2/c1-15(11-4-2-3-5-12(11)16)9-13(8-14)6-7-17-10-13/h11-12,16H,2-10,14H2,1H3. The Labute approximate surface area is 104 Å². The predicted octanol–water partition coefficient (Wildman–Crippen LogP) is 0.587. The molecule has 1 aliphatic carbocycles. The van der Waals surface area contributed by atoms with Crippen molar-refractivity contribution in [3.8, 4) is 0 Å². The molecule has 1 saturated carbocycles. The van der Waals surface area contributed by atoms with Gasteiger partial charge in [0.1, 0.15) is 0 Å². The van der Waals surface area contributed by atoms with Crippen molar-refractivity contribution in [1.29, 1.82) is 0 Å². The van der Waals surface area contributed by atoms with Crippen LogP contribution in [0.15, 0.2) is 0 Å². The van der Waals surface area contributed by atoms with Crippen LogP contribution in [0.3, 0.4) is 0 Å². The van der Waals surface area contributed by atoms with E-state index in [1.165, 1.54) is 6.42 Å². The van der Waals surface area contributed by atoms with Crippen LogP contribution < -0.4 is 5.73 Å². The highest BCUT2D eigenvalue weighted by Gasteiger charge is 2.37. The lowest BCUT2D eigenvalue weighted by atomic mass is 9.84. The number of nitrogens with zero attached hydrogens (tertiary/aromatic N) is 1. The van der Waals surface area contributed by atoms with E-state index in [9.17, 15) is 5.11 Å². The molecule has 1 aliphatic heterocycles. The highest BCUT2D eigenvalue weighted by molar-refractivity contribution is 4.90. The number of aliphatic hydroxyl groups is 1. The molecule has 1 heterocycles. The van der Waals surface area contributed by atoms with Gasteiger partial charge in [-0.2, -0.15) is 0 Å². The Morgan fingerprint density at radius 3 is 2.76 bits per heavy atom. The fraction of sp³-hybridized carbons (Fsp3) is 1.00. The highest BCUT2D eigenvalue weighted by Crippen LogP contribution is 2.31. The Morgan fingerprint density at radius 2 is 2.18 bits per heavy atom. The number of ether oxygens (including phenoxy) is 1. The molecule has 0 aromatic carbocycles. The molecule has 0 bridgehead atoms. The van der Waals surface area contributed by atoms with Crippen LogP contribution in [-0.4, -0.2) is 55.5 Å². The van der Waals surface area contributed by atoms with E-state index in [0.717, 1.165) is 45.4 Å². The van der Waals surface area contributed by atoms with Gasteiger partial charge in [-0.15, -0.1) is 0 Å². The van der Waals surface area contributed by atoms with Crippen LogP contribution in [0.25, 0.3) is 0 Å². The van der Waals surface area contributed by atoms with E-state index < -0.39 is 0 Å². The molecule has 3 N–H and O–H groups in total. The molecule has 17 heavy (non-hydrogen) atoms. The van der Waals surface area contributed by atoms with Gasteiger partial charge in [0, 0.05) is 31.2 Å². The molecule has 100 valence electrons. The molecule has 4 nitrogen and oxygen atoms in total. The Kier molecular flexibility index (Phi) is 4.42. The molecular formula is C13H26N2O2. The summed E-state index contributed by atoms with van der Waals surface area (Å²) in [6.07, 6.45) is 5.34. The monoisotopic (exact) mass is 242 g/mol. The minimum atomic E-state index is -0.161. The van der Waals surface area contributed by atoms with Crippen molar-refractivity contribution >= 4 is 0 Å². The molecule has 2 fully saturated rings. The molecule has 0 aromatic heterocycles. The molecule has 0 amide bonds. The summed E-state index contributed by atoms with van der Waals surface area (Å²) >= 11 is 0. The third-order valence-corrected chi connectivity index (χ3v) is 4.46. The van der Waals surface area contributed by atoms with E-state index in [2.05, 4.69) is 11.9 Å². The van der Waals surface area contributed by atoms with Crippen molar-refractivity contribution in [2.24, 2.45) is 11.1 Å². The minimum absolute atomic E-state index is 0.117. The topological polar surface area (TPSA) is 58.7 Å². The van der Waals surface area contributed by atoms with Gasteiger partial charge >= 0.3 is 0 Å². The van der Waals surface area contributed by atoms with Crippen LogP contribution in [0.2, 0.25) is 0 Å². The normalized spacial score (nSPS) is 38.8. The van der Waals surface area contributed by atoms with Gasteiger partial charge in [-0.05, 0) is 26.3 Å². The number of rotatable bonds is 4. The molecule has 4 heteroatoms. The maximum atomic E-state index is 10.1. The van der Waals surface area contributed by atoms with Crippen molar-refractivity contribution in [3.63, 3.8) is 0 Å². The molecule has 0 aromatic rings. The Bertz CT molecular complexity index is 242. The fourth-order valence-electron chi connectivity index (χ4n) is 3.25. The molecule has 2 rings (SSSR count). The first-order valence-corrected chi connectivity index (χ1v) is 6.83. The van der Waals surface area contributed by atoms with E-state index in [-0.39, 0.29) is 11.5 Å². The first kappa shape index (κ1) is 13.3. The van der Waals surface area contributed by atoms with Gasteiger partial charge in [0.05, 0.1) is 12.7 Å². The summed E-state index contributed by atoms with van der Waals surface area (Å²) in [6, 6.07) is 0.313. The lowest BCUT2D eigenvalue weighted by Crippen LogP contribution is -2.50. The summed E-state index contributed by atoms with van der Waals surface area (Å²) in [5, 5.41) is 10.1. The smallest absolute Gasteiger partial charge is 0.0695 e. The van der Waals surface area contributed by atoms with Crippen molar-refractivity contribution in [2.75, 3.05) is 33.4 Å². The average molecular weight is 242 g/mol. The van der Waals surface area contributed by atoms with Gasteiger partial charge in [0.25, 0.3) is 0 Å². The predicted molar refractivity (Wildman–Crippen MR) is 67.8 cm³/mol. The van der Waals surface area contributed by atoms with E-state index in [1.54, 1.807) is 0 Å². The second-order valence-electron chi connectivity index (χ2n) is 5.84. The zero-order valence-corrected chi connectivity index (χ0v) is 10.9. The molecule has 1 saturated heterocycles. The first-order valence-electron chi connectivity index (χ1n) is 6.83. The molecule has 2 aliphatic rings. The second kappa shape index (κ2) is 5.65. The Balaban J connectivity index is 1.92. The van der Waals surface area contributed by atoms with E-state index in [0.29, 0.717) is 12.6 Å². The van der Waals surface area contributed by atoms with Crippen LogP contribution in [0.5, 0.6) is 0 Å². The number of aliphatic hydroxyl groups excluding tert-OH is 1. The van der Waals surface area contributed by atoms with Gasteiger partial charge < -0.3 is 20.5 Å². The fourth-order valence-corrected chi connectivity index (χ4v) is 3.25. The number of hydrogen-bond donors (Lipinski definition) is 2. The van der Waals surface area contributed by atoms with Crippen LogP contribution in [0.4, 0.5) is 0 Å². The van der Waals surface area contributed by atoms with Gasteiger partial charge in [0.2, 0.25) is 0 Å². The molecule has 3 unspecified atom stereocenters. The Morgan fingerprint density at radius 1 is 1.41 bits per heavy atom.